The molecule has 0 spiro atoms. The average Bonchev–Trinajstić information content (AvgIpc) is 2.72. The van der Waals surface area contributed by atoms with E-state index >= 15 is 0 Å². The van der Waals surface area contributed by atoms with Crippen LogP contribution in [0.4, 0.5) is 0 Å². The zero-order valence-corrected chi connectivity index (χ0v) is 17.6. The Morgan fingerprint density at radius 3 is 2.55 bits per heavy atom. The molecule has 2 rings (SSSR count). The van der Waals surface area contributed by atoms with Gasteiger partial charge in [0.1, 0.15) is 11.5 Å². The first-order chi connectivity index (χ1) is 13.8. The number of hydrogen-bond acceptors (Lipinski definition) is 5. The number of esters is 1. The molecular formula is C22H24ClNO5. The molecule has 0 saturated heterocycles. The minimum absolute atomic E-state index is 0.364. The molecule has 6 nitrogen and oxygen atoms in total. The Labute approximate surface area is 175 Å². The Morgan fingerprint density at radius 2 is 1.90 bits per heavy atom. The molecule has 29 heavy (non-hydrogen) atoms. The number of halogens is 1. The summed E-state index contributed by atoms with van der Waals surface area (Å²) in [6.07, 6.45) is 2.83. The van der Waals surface area contributed by atoms with Crippen LogP contribution in [0, 0.1) is 6.92 Å². The first-order valence-corrected chi connectivity index (χ1v) is 9.34. The van der Waals surface area contributed by atoms with E-state index in [1.165, 1.54) is 6.08 Å². The number of benzene rings is 2. The minimum Gasteiger partial charge on any atom is -0.497 e. The molecule has 0 aromatic heterocycles. The Hall–Kier alpha value is -2.99. The fourth-order valence-corrected chi connectivity index (χ4v) is 2.79. The van der Waals surface area contributed by atoms with Crippen LogP contribution in [0.15, 0.2) is 42.5 Å². The summed E-state index contributed by atoms with van der Waals surface area (Å²) in [6.45, 7) is 3.30. The molecule has 0 saturated carbocycles. The highest BCUT2D eigenvalue weighted by Crippen LogP contribution is 2.29. The predicted octanol–water partition coefficient (Wildman–Crippen LogP) is 4.10. The van der Waals surface area contributed by atoms with E-state index in [2.05, 4.69) is 5.32 Å². The van der Waals surface area contributed by atoms with E-state index in [0.717, 1.165) is 16.7 Å². The van der Waals surface area contributed by atoms with Crippen molar-refractivity contribution in [1.29, 1.82) is 0 Å². The van der Waals surface area contributed by atoms with Gasteiger partial charge in [-0.25, -0.2) is 4.79 Å². The summed E-state index contributed by atoms with van der Waals surface area (Å²) in [5.74, 6) is 0.218. The van der Waals surface area contributed by atoms with Crippen molar-refractivity contribution in [3.05, 3.63) is 64.2 Å². The smallest absolute Gasteiger partial charge is 0.331 e. The van der Waals surface area contributed by atoms with E-state index in [1.807, 2.05) is 19.1 Å². The highest BCUT2D eigenvalue weighted by Gasteiger charge is 2.16. The highest BCUT2D eigenvalue weighted by atomic mass is 35.5. The van der Waals surface area contributed by atoms with E-state index in [9.17, 15) is 9.59 Å². The van der Waals surface area contributed by atoms with Crippen molar-refractivity contribution in [2.75, 3.05) is 20.8 Å². The number of carbonyl (C=O) groups excluding carboxylic acids is 2. The van der Waals surface area contributed by atoms with Crippen molar-refractivity contribution in [3.8, 4) is 11.5 Å². The maximum Gasteiger partial charge on any atom is 0.331 e. The average molecular weight is 418 g/mol. The number of carbonyl (C=O) groups is 2. The van der Waals surface area contributed by atoms with Crippen molar-refractivity contribution < 1.29 is 23.8 Å². The van der Waals surface area contributed by atoms with Crippen LogP contribution in [0.25, 0.3) is 6.08 Å². The van der Waals surface area contributed by atoms with Gasteiger partial charge in [-0.1, -0.05) is 23.7 Å². The molecule has 0 bridgehead atoms. The van der Waals surface area contributed by atoms with Crippen LogP contribution in [0.2, 0.25) is 5.02 Å². The van der Waals surface area contributed by atoms with Crippen LogP contribution in [0.1, 0.15) is 29.7 Å². The molecule has 2 aromatic rings. The summed E-state index contributed by atoms with van der Waals surface area (Å²) in [5.41, 5.74) is 2.47. The van der Waals surface area contributed by atoms with E-state index in [-0.39, 0.29) is 6.04 Å². The van der Waals surface area contributed by atoms with Crippen LogP contribution in [0.5, 0.6) is 11.5 Å². The number of amides is 1. The molecule has 0 unspecified atom stereocenters. The van der Waals surface area contributed by atoms with Crippen LogP contribution >= 0.6 is 11.6 Å². The van der Waals surface area contributed by atoms with E-state index < -0.39 is 18.5 Å². The minimum atomic E-state index is -0.622. The van der Waals surface area contributed by atoms with Crippen molar-refractivity contribution in [2.45, 2.75) is 19.9 Å². The standard InChI is InChI=1S/C22H24ClNO5/c1-14-5-6-16(11-19(14)23)7-10-22(26)29-13-21(25)24-15(2)18-12-17(27-3)8-9-20(18)28-4/h5-12,15H,13H2,1-4H3,(H,24,25)/b10-7+/t15-/m0/s1. The number of ether oxygens (including phenoxy) is 3. The third-order valence-corrected chi connectivity index (χ3v) is 4.64. The third kappa shape index (κ3) is 6.54. The normalized spacial score (nSPS) is 11.8. The lowest BCUT2D eigenvalue weighted by molar-refractivity contribution is -0.144. The van der Waals surface area contributed by atoms with Gasteiger partial charge in [-0.3, -0.25) is 4.79 Å². The van der Waals surface area contributed by atoms with Crippen LogP contribution in [0.3, 0.4) is 0 Å². The number of nitrogens with one attached hydrogen (secondary N) is 1. The molecule has 1 amide bonds. The molecule has 0 radical (unpaired) electrons. The van der Waals surface area contributed by atoms with Crippen molar-refractivity contribution in [1.82, 2.24) is 5.32 Å². The molecule has 0 fully saturated rings. The first-order valence-electron chi connectivity index (χ1n) is 8.96. The number of aryl methyl sites for hydroxylation is 1. The van der Waals surface area contributed by atoms with Gasteiger partial charge in [-0.05, 0) is 55.3 Å². The quantitative estimate of drug-likeness (QED) is 0.517. The Morgan fingerprint density at radius 1 is 1.14 bits per heavy atom. The zero-order chi connectivity index (χ0) is 21.4. The second-order valence-corrected chi connectivity index (χ2v) is 6.75. The van der Waals surface area contributed by atoms with Crippen molar-refractivity contribution >= 4 is 29.6 Å². The molecule has 0 heterocycles. The second-order valence-electron chi connectivity index (χ2n) is 6.35. The fourth-order valence-electron chi connectivity index (χ4n) is 2.60. The number of rotatable bonds is 8. The lowest BCUT2D eigenvalue weighted by Gasteiger charge is -2.18. The molecule has 2 aromatic carbocycles. The zero-order valence-electron chi connectivity index (χ0n) is 16.8. The third-order valence-electron chi connectivity index (χ3n) is 4.23. The van der Waals surface area contributed by atoms with Gasteiger partial charge in [-0.2, -0.15) is 0 Å². The van der Waals surface area contributed by atoms with Gasteiger partial charge in [0, 0.05) is 16.7 Å². The maximum atomic E-state index is 12.1. The van der Waals surface area contributed by atoms with Crippen LogP contribution < -0.4 is 14.8 Å². The van der Waals surface area contributed by atoms with Crippen molar-refractivity contribution in [2.24, 2.45) is 0 Å². The summed E-state index contributed by atoms with van der Waals surface area (Å²) in [5, 5.41) is 3.38. The van der Waals surface area contributed by atoms with E-state index in [4.69, 9.17) is 25.8 Å². The monoisotopic (exact) mass is 417 g/mol. The predicted molar refractivity (Wildman–Crippen MR) is 112 cm³/mol. The Kier molecular flexibility index (Phi) is 8.09. The molecule has 0 aliphatic heterocycles. The van der Waals surface area contributed by atoms with Gasteiger partial charge in [0.15, 0.2) is 6.61 Å². The van der Waals surface area contributed by atoms with Gasteiger partial charge in [0.25, 0.3) is 5.91 Å². The van der Waals surface area contributed by atoms with Gasteiger partial charge in [-0.15, -0.1) is 0 Å². The van der Waals surface area contributed by atoms with E-state index in [0.29, 0.717) is 16.5 Å². The summed E-state index contributed by atoms with van der Waals surface area (Å²) in [7, 11) is 3.11. The summed E-state index contributed by atoms with van der Waals surface area (Å²) in [4.78, 5) is 24.0. The Bertz CT molecular complexity index is 910. The molecule has 1 atom stereocenters. The summed E-state index contributed by atoms with van der Waals surface area (Å²) < 4.78 is 15.5. The van der Waals surface area contributed by atoms with Gasteiger partial charge in [0.2, 0.25) is 0 Å². The summed E-state index contributed by atoms with van der Waals surface area (Å²) in [6, 6.07) is 10.4. The van der Waals surface area contributed by atoms with Crippen LogP contribution in [-0.2, 0) is 14.3 Å². The molecular weight excluding hydrogens is 394 g/mol. The van der Waals surface area contributed by atoms with Gasteiger partial charge in [0.05, 0.1) is 20.3 Å². The maximum absolute atomic E-state index is 12.1. The molecule has 154 valence electrons. The topological polar surface area (TPSA) is 73.9 Å². The summed E-state index contributed by atoms with van der Waals surface area (Å²) >= 11 is 6.05. The van der Waals surface area contributed by atoms with Crippen molar-refractivity contribution in [3.63, 3.8) is 0 Å². The SMILES string of the molecule is COc1ccc(OC)c([C@H](C)NC(=O)COC(=O)/C=C/c2ccc(C)c(Cl)c2)c1. The first kappa shape index (κ1) is 22.3. The van der Waals surface area contributed by atoms with Gasteiger partial charge >= 0.3 is 5.97 Å². The fraction of sp³-hybridized carbons (Fsp3) is 0.273. The molecule has 0 aliphatic carbocycles. The van der Waals surface area contributed by atoms with E-state index in [1.54, 1.807) is 51.5 Å². The lowest BCUT2D eigenvalue weighted by Crippen LogP contribution is -2.31. The molecule has 1 N–H and O–H groups in total. The molecule has 0 aliphatic rings. The largest absolute Gasteiger partial charge is 0.497 e. The lowest BCUT2D eigenvalue weighted by atomic mass is 10.1. The Balaban J connectivity index is 1.89. The van der Waals surface area contributed by atoms with Gasteiger partial charge < -0.3 is 19.5 Å². The second kappa shape index (κ2) is 10.5. The number of hydrogen-bond donors (Lipinski definition) is 1. The van der Waals surface area contributed by atoms with Crippen LogP contribution in [-0.4, -0.2) is 32.7 Å². The molecule has 7 heteroatoms. The highest BCUT2D eigenvalue weighted by molar-refractivity contribution is 6.31. The number of methoxy groups -OCH3 is 2.